The van der Waals surface area contributed by atoms with Crippen LogP contribution in [-0.4, -0.2) is 18.7 Å². The lowest BCUT2D eigenvalue weighted by Crippen LogP contribution is -2.34. The first-order valence-electron chi connectivity index (χ1n) is 7.27. The first-order chi connectivity index (χ1) is 11.0. The molecule has 0 radical (unpaired) electrons. The SMILES string of the molecule is C[C@@H](NP(C)(=O)Oc1ccccc1)C(=O)OCc1ccccc1. The van der Waals surface area contributed by atoms with Gasteiger partial charge in [0.15, 0.2) is 0 Å². The average molecular weight is 333 g/mol. The first-order valence-corrected chi connectivity index (χ1v) is 9.34. The van der Waals surface area contributed by atoms with Crippen LogP contribution in [0.25, 0.3) is 0 Å². The Balaban J connectivity index is 1.86. The van der Waals surface area contributed by atoms with Gasteiger partial charge in [-0.2, -0.15) is 0 Å². The van der Waals surface area contributed by atoms with E-state index in [1.54, 1.807) is 31.2 Å². The Morgan fingerprint density at radius 3 is 2.26 bits per heavy atom. The highest BCUT2D eigenvalue weighted by atomic mass is 31.2. The van der Waals surface area contributed by atoms with Crippen LogP contribution in [0.2, 0.25) is 0 Å². The quantitative estimate of drug-likeness (QED) is 0.619. The van der Waals surface area contributed by atoms with Crippen molar-refractivity contribution < 1.29 is 18.6 Å². The van der Waals surface area contributed by atoms with Crippen LogP contribution in [0.3, 0.4) is 0 Å². The highest BCUT2D eigenvalue weighted by molar-refractivity contribution is 7.56. The molecule has 0 aromatic heterocycles. The van der Waals surface area contributed by atoms with Crippen LogP contribution in [0.1, 0.15) is 12.5 Å². The van der Waals surface area contributed by atoms with Crippen LogP contribution < -0.4 is 9.61 Å². The van der Waals surface area contributed by atoms with Crippen molar-refractivity contribution in [1.29, 1.82) is 0 Å². The maximum atomic E-state index is 12.4. The predicted molar refractivity (Wildman–Crippen MR) is 89.4 cm³/mol. The van der Waals surface area contributed by atoms with E-state index in [-0.39, 0.29) is 6.61 Å². The van der Waals surface area contributed by atoms with Crippen molar-refractivity contribution in [2.75, 3.05) is 6.66 Å². The third-order valence-electron chi connectivity index (χ3n) is 3.03. The molecule has 0 aliphatic heterocycles. The zero-order valence-electron chi connectivity index (χ0n) is 13.1. The van der Waals surface area contributed by atoms with Crippen LogP contribution >= 0.6 is 7.52 Å². The second-order valence-electron chi connectivity index (χ2n) is 5.19. The number of hydrogen-bond acceptors (Lipinski definition) is 4. The Bertz CT molecular complexity index is 676. The van der Waals surface area contributed by atoms with Gasteiger partial charge in [0.25, 0.3) is 0 Å². The van der Waals surface area contributed by atoms with E-state index >= 15 is 0 Å². The average Bonchev–Trinajstić information content (AvgIpc) is 2.53. The second-order valence-corrected chi connectivity index (χ2v) is 7.33. The summed E-state index contributed by atoms with van der Waals surface area (Å²) in [6.45, 7) is 3.21. The van der Waals surface area contributed by atoms with E-state index in [4.69, 9.17) is 9.26 Å². The normalized spacial score (nSPS) is 14.5. The zero-order chi connectivity index (χ0) is 16.7. The van der Waals surface area contributed by atoms with E-state index in [0.29, 0.717) is 5.75 Å². The van der Waals surface area contributed by atoms with Gasteiger partial charge in [0.1, 0.15) is 18.4 Å². The van der Waals surface area contributed by atoms with E-state index in [9.17, 15) is 9.36 Å². The van der Waals surface area contributed by atoms with E-state index in [1.807, 2.05) is 36.4 Å². The largest absolute Gasteiger partial charge is 0.460 e. The lowest BCUT2D eigenvalue weighted by Gasteiger charge is -2.20. The fraction of sp³-hybridized carbons (Fsp3) is 0.235. The van der Waals surface area contributed by atoms with Crippen LogP contribution in [0, 0.1) is 0 Å². The fourth-order valence-corrected chi connectivity index (χ4v) is 3.35. The molecule has 0 amide bonds. The molecule has 2 aromatic rings. The van der Waals surface area contributed by atoms with Crippen molar-refractivity contribution in [3.05, 3.63) is 66.2 Å². The summed E-state index contributed by atoms with van der Waals surface area (Å²) in [7, 11) is -3.17. The van der Waals surface area contributed by atoms with Crippen LogP contribution in [0.4, 0.5) is 0 Å². The van der Waals surface area contributed by atoms with Gasteiger partial charge >= 0.3 is 13.5 Å². The van der Waals surface area contributed by atoms with E-state index in [2.05, 4.69) is 5.09 Å². The number of hydrogen-bond donors (Lipinski definition) is 1. The first kappa shape index (κ1) is 17.3. The van der Waals surface area contributed by atoms with Crippen molar-refractivity contribution in [2.24, 2.45) is 0 Å². The molecular formula is C17H20NO4P. The van der Waals surface area contributed by atoms with Gasteiger partial charge in [0.05, 0.1) is 0 Å². The van der Waals surface area contributed by atoms with Crippen molar-refractivity contribution in [1.82, 2.24) is 5.09 Å². The van der Waals surface area contributed by atoms with Gasteiger partial charge in [-0.05, 0) is 24.6 Å². The Morgan fingerprint density at radius 1 is 1.09 bits per heavy atom. The van der Waals surface area contributed by atoms with Gasteiger partial charge in [0.2, 0.25) is 0 Å². The molecule has 2 atom stereocenters. The summed E-state index contributed by atoms with van der Waals surface area (Å²) < 4.78 is 23.1. The molecule has 0 heterocycles. The number of carbonyl (C=O) groups is 1. The topological polar surface area (TPSA) is 64.6 Å². The summed E-state index contributed by atoms with van der Waals surface area (Å²) in [6, 6.07) is 17.5. The molecule has 0 saturated carbocycles. The second kappa shape index (κ2) is 7.95. The molecule has 122 valence electrons. The number of rotatable bonds is 7. The Morgan fingerprint density at radius 2 is 1.65 bits per heavy atom. The van der Waals surface area contributed by atoms with E-state index in [0.717, 1.165) is 5.56 Å². The van der Waals surface area contributed by atoms with Crippen LogP contribution in [0.5, 0.6) is 5.75 Å². The minimum absolute atomic E-state index is 0.180. The minimum atomic E-state index is -3.17. The predicted octanol–water partition coefficient (Wildman–Crippen LogP) is 3.61. The molecule has 0 aliphatic rings. The molecule has 0 bridgehead atoms. The van der Waals surface area contributed by atoms with Crippen molar-refractivity contribution in [2.45, 2.75) is 19.6 Å². The smallest absolute Gasteiger partial charge is 0.323 e. The number of carbonyl (C=O) groups excluding carboxylic acids is 1. The Hall–Kier alpha value is -2.10. The molecule has 0 spiro atoms. The van der Waals surface area contributed by atoms with Crippen LogP contribution in [-0.2, 0) is 20.7 Å². The summed E-state index contributed by atoms with van der Waals surface area (Å²) in [5.74, 6) is 0.00303. The third-order valence-corrected chi connectivity index (χ3v) is 4.44. The summed E-state index contributed by atoms with van der Waals surface area (Å²) in [5, 5.41) is 2.70. The Kier molecular flexibility index (Phi) is 5.97. The molecule has 0 saturated heterocycles. The molecule has 2 aromatic carbocycles. The monoisotopic (exact) mass is 333 g/mol. The number of benzene rings is 2. The molecule has 1 unspecified atom stereocenters. The van der Waals surface area contributed by atoms with Crippen molar-refractivity contribution in [3.63, 3.8) is 0 Å². The van der Waals surface area contributed by atoms with Gasteiger partial charge in [-0.3, -0.25) is 9.36 Å². The van der Waals surface area contributed by atoms with Gasteiger partial charge in [0, 0.05) is 6.66 Å². The zero-order valence-corrected chi connectivity index (χ0v) is 14.0. The standard InChI is InChI=1S/C17H20NO4P/c1-14(17(19)21-13-15-9-5-3-6-10-15)18-23(2,20)22-16-11-7-4-8-12-16/h3-12,14H,13H2,1-2H3,(H,18,20)/t14-,23?/m1/s1. The van der Waals surface area contributed by atoms with Gasteiger partial charge in [-0.1, -0.05) is 48.5 Å². The number of nitrogens with one attached hydrogen (secondary N) is 1. The van der Waals surface area contributed by atoms with Gasteiger partial charge < -0.3 is 9.26 Å². The lowest BCUT2D eigenvalue weighted by molar-refractivity contribution is -0.146. The van der Waals surface area contributed by atoms with Crippen molar-refractivity contribution >= 4 is 13.5 Å². The number of esters is 1. The molecular weight excluding hydrogens is 313 g/mol. The highest BCUT2D eigenvalue weighted by Crippen LogP contribution is 2.39. The summed E-state index contributed by atoms with van der Waals surface area (Å²) in [5.41, 5.74) is 0.897. The third kappa shape index (κ3) is 5.89. The summed E-state index contributed by atoms with van der Waals surface area (Å²) >= 11 is 0. The Labute approximate surface area is 136 Å². The van der Waals surface area contributed by atoms with Crippen LogP contribution in [0.15, 0.2) is 60.7 Å². The molecule has 0 aliphatic carbocycles. The molecule has 1 N–H and O–H groups in total. The summed E-state index contributed by atoms with van der Waals surface area (Å²) in [4.78, 5) is 12.0. The maximum absolute atomic E-state index is 12.4. The number of para-hydroxylation sites is 1. The lowest BCUT2D eigenvalue weighted by atomic mass is 10.2. The van der Waals surface area contributed by atoms with Gasteiger partial charge in [-0.15, -0.1) is 0 Å². The molecule has 23 heavy (non-hydrogen) atoms. The molecule has 0 fully saturated rings. The van der Waals surface area contributed by atoms with E-state index in [1.165, 1.54) is 6.66 Å². The molecule has 2 rings (SSSR count). The number of ether oxygens (including phenoxy) is 1. The van der Waals surface area contributed by atoms with E-state index < -0.39 is 19.5 Å². The summed E-state index contributed by atoms with van der Waals surface area (Å²) in [6.07, 6.45) is 0. The van der Waals surface area contributed by atoms with Gasteiger partial charge in [-0.25, -0.2) is 5.09 Å². The molecule has 5 nitrogen and oxygen atoms in total. The fourth-order valence-electron chi connectivity index (χ4n) is 1.97. The minimum Gasteiger partial charge on any atom is -0.460 e. The van der Waals surface area contributed by atoms with Crippen molar-refractivity contribution in [3.8, 4) is 5.75 Å². The highest BCUT2D eigenvalue weighted by Gasteiger charge is 2.25. The molecule has 6 heteroatoms. The maximum Gasteiger partial charge on any atom is 0.323 e.